The number of unbranched alkanes of at least 4 members (excludes halogenated alkanes) is 2. The van der Waals surface area contributed by atoms with Gasteiger partial charge in [-0.15, -0.1) is 0 Å². The molecule has 0 aromatic carbocycles. The zero-order valence-corrected chi connectivity index (χ0v) is 12.9. The molecule has 0 aliphatic rings. The number of hydrogen-bond donors (Lipinski definition) is 0. The average molecular weight is 233 g/mol. The molecule has 0 unspecified atom stereocenters. The van der Waals surface area contributed by atoms with Gasteiger partial charge in [0, 0.05) is 14.7 Å². The highest BCUT2D eigenvalue weighted by atomic mass is 28.4. The van der Waals surface area contributed by atoms with Crippen LogP contribution in [0.5, 0.6) is 0 Å². The van der Waals surface area contributed by atoms with Crippen LogP contribution < -0.4 is 0 Å². The lowest BCUT2D eigenvalue weighted by molar-refractivity contribution is 0.298. The summed E-state index contributed by atoms with van der Waals surface area (Å²) in [6.07, 6.45) is 3.86. The van der Waals surface area contributed by atoms with E-state index in [0.29, 0.717) is 0 Å². The molecule has 0 amide bonds. The van der Waals surface area contributed by atoms with Crippen LogP contribution >= 0.6 is 0 Å². The van der Waals surface area contributed by atoms with E-state index in [1.807, 2.05) is 0 Å². The monoisotopic (exact) mass is 232 g/mol. The first-order valence-corrected chi connectivity index (χ1v) is 12.7. The second kappa shape index (κ2) is 6.08. The molecule has 0 aliphatic carbocycles. The molecule has 0 spiro atoms. The maximum absolute atomic E-state index is 6.08. The van der Waals surface area contributed by atoms with E-state index in [2.05, 4.69) is 39.7 Å². The van der Waals surface area contributed by atoms with Gasteiger partial charge in [-0.05, 0) is 25.2 Å². The molecule has 0 heterocycles. The third kappa shape index (κ3) is 8.97. The molecule has 0 fully saturated rings. The Kier molecular flexibility index (Phi) is 6.25. The fourth-order valence-corrected chi connectivity index (χ4v) is 13.4. The molecule has 3 heteroatoms. The summed E-state index contributed by atoms with van der Waals surface area (Å²) in [5, 5.41) is 0. The molecule has 0 radical (unpaired) electrons. The van der Waals surface area contributed by atoms with Gasteiger partial charge in [0.15, 0.2) is 8.32 Å². The van der Waals surface area contributed by atoms with Gasteiger partial charge < -0.3 is 4.43 Å². The Labute approximate surface area is 92.4 Å². The summed E-state index contributed by atoms with van der Waals surface area (Å²) in [4.78, 5) is 0. The predicted molar refractivity (Wildman–Crippen MR) is 71.1 cm³/mol. The van der Waals surface area contributed by atoms with Gasteiger partial charge in [-0.3, -0.25) is 0 Å². The van der Waals surface area contributed by atoms with Crippen LogP contribution in [-0.4, -0.2) is 23.0 Å². The summed E-state index contributed by atoms with van der Waals surface area (Å²) in [6.45, 7) is 15.3. The maximum Gasteiger partial charge on any atom is 0.184 e. The first-order valence-electron chi connectivity index (χ1n) is 5.91. The summed E-state index contributed by atoms with van der Waals surface area (Å²) in [7, 11) is -2.25. The molecule has 0 aliphatic heterocycles. The molecule has 14 heavy (non-hydrogen) atoms. The lowest BCUT2D eigenvalue weighted by Crippen LogP contribution is -2.40. The zero-order chi connectivity index (χ0) is 11.2. The van der Waals surface area contributed by atoms with E-state index in [4.69, 9.17) is 4.43 Å². The van der Waals surface area contributed by atoms with Crippen molar-refractivity contribution in [2.24, 2.45) is 0 Å². The van der Waals surface area contributed by atoms with E-state index in [1.165, 1.54) is 24.9 Å². The van der Waals surface area contributed by atoms with Gasteiger partial charge in [-0.2, -0.15) is 0 Å². The Hall–Kier alpha value is 0.394. The lowest BCUT2D eigenvalue weighted by Gasteiger charge is -2.29. The van der Waals surface area contributed by atoms with Crippen molar-refractivity contribution in [3.05, 3.63) is 0 Å². The largest absolute Gasteiger partial charge is 0.418 e. The van der Waals surface area contributed by atoms with E-state index in [1.54, 1.807) is 0 Å². The fraction of sp³-hybridized carbons (Fsp3) is 1.00. The van der Waals surface area contributed by atoms with Crippen LogP contribution in [0.3, 0.4) is 0 Å². The topological polar surface area (TPSA) is 9.23 Å². The highest BCUT2D eigenvalue weighted by molar-refractivity contribution is 6.92. The Morgan fingerprint density at radius 3 is 1.93 bits per heavy atom. The van der Waals surface area contributed by atoms with Crippen LogP contribution in [0.1, 0.15) is 26.2 Å². The van der Waals surface area contributed by atoms with Gasteiger partial charge in [-0.1, -0.05) is 39.4 Å². The van der Waals surface area contributed by atoms with Crippen molar-refractivity contribution in [2.75, 3.05) is 6.61 Å². The smallest absolute Gasteiger partial charge is 0.184 e. The minimum absolute atomic E-state index is 0.924. The fourth-order valence-electron chi connectivity index (χ4n) is 2.03. The normalized spacial score (nSPS) is 13.3. The van der Waals surface area contributed by atoms with Gasteiger partial charge in [-0.25, -0.2) is 0 Å². The number of rotatable bonds is 7. The second-order valence-electron chi connectivity index (χ2n) is 6.05. The van der Waals surface area contributed by atoms with Crippen molar-refractivity contribution < 1.29 is 4.43 Å². The van der Waals surface area contributed by atoms with Crippen molar-refractivity contribution >= 4 is 16.4 Å². The summed E-state index contributed by atoms with van der Waals surface area (Å²) in [5.74, 6) is 0. The van der Waals surface area contributed by atoms with E-state index < -0.39 is 16.4 Å². The van der Waals surface area contributed by atoms with E-state index in [0.717, 1.165) is 6.61 Å². The maximum atomic E-state index is 6.08. The summed E-state index contributed by atoms with van der Waals surface area (Å²) >= 11 is 0. The molecule has 0 saturated carbocycles. The SMILES string of the molecule is CCCCCO[Si](C)(C)C[Si](C)(C)C. The molecule has 86 valence electrons. The lowest BCUT2D eigenvalue weighted by atomic mass is 10.3. The Balaban J connectivity index is 3.72. The van der Waals surface area contributed by atoms with Crippen LogP contribution in [0.25, 0.3) is 0 Å². The zero-order valence-electron chi connectivity index (χ0n) is 10.9. The Morgan fingerprint density at radius 2 is 1.50 bits per heavy atom. The van der Waals surface area contributed by atoms with Crippen LogP contribution in [-0.2, 0) is 4.43 Å². The molecule has 0 atom stereocenters. The number of hydrogen-bond acceptors (Lipinski definition) is 1. The van der Waals surface area contributed by atoms with E-state index in [9.17, 15) is 0 Å². The van der Waals surface area contributed by atoms with E-state index >= 15 is 0 Å². The molecular formula is C11H28OSi2. The standard InChI is InChI=1S/C11H28OSi2/c1-7-8-9-10-12-14(5,6)11-13(2,3)4/h7-11H2,1-6H3. The predicted octanol–water partition coefficient (Wildman–Crippen LogP) is 4.28. The third-order valence-corrected chi connectivity index (χ3v) is 10.8. The minimum atomic E-state index is -1.33. The minimum Gasteiger partial charge on any atom is -0.418 e. The molecule has 0 N–H and O–H groups in total. The van der Waals surface area contributed by atoms with Gasteiger partial charge in [0.05, 0.1) is 0 Å². The van der Waals surface area contributed by atoms with Crippen molar-refractivity contribution in [1.29, 1.82) is 0 Å². The van der Waals surface area contributed by atoms with Crippen molar-refractivity contribution in [2.45, 2.75) is 64.6 Å². The van der Waals surface area contributed by atoms with Gasteiger partial charge >= 0.3 is 0 Å². The summed E-state index contributed by atoms with van der Waals surface area (Å²) in [6, 6.07) is 0. The van der Waals surface area contributed by atoms with Gasteiger partial charge in [0.1, 0.15) is 0 Å². The average Bonchev–Trinajstić information content (AvgIpc) is 1.93. The van der Waals surface area contributed by atoms with Crippen molar-refractivity contribution in [1.82, 2.24) is 0 Å². The summed E-state index contributed by atoms with van der Waals surface area (Å²) < 4.78 is 6.08. The molecular weight excluding hydrogens is 204 g/mol. The van der Waals surface area contributed by atoms with Crippen molar-refractivity contribution in [3.8, 4) is 0 Å². The molecule has 0 aromatic rings. The first-order chi connectivity index (χ1) is 6.27. The van der Waals surface area contributed by atoms with Crippen LogP contribution in [0.15, 0.2) is 0 Å². The van der Waals surface area contributed by atoms with Crippen molar-refractivity contribution in [3.63, 3.8) is 0 Å². The summed E-state index contributed by atoms with van der Waals surface area (Å²) in [5.41, 5.74) is 1.39. The highest BCUT2D eigenvalue weighted by Crippen LogP contribution is 2.20. The molecule has 1 nitrogen and oxygen atoms in total. The third-order valence-electron chi connectivity index (χ3n) is 2.20. The first kappa shape index (κ1) is 14.4. The van der Waals surface area contributed by atoms with Gasteiger partial charge in [0.2, 0.25) is 0 Å². The quantitative estimate of drug-likeness (QED) is 0.470. The second-order valence-corrected chi connectivity index (χ2v) is 16.4. The molecule has 0 rings (SSSR count). The Bertz CT molecular complexity index is 150. The van der Waals surface area contributed by atoms with Crippen LogP contribution in [0, 0.1) is 0 Å². The van der Waals surface area contributed by atoms with Gasteiger partial charge in [0.25, 0.3) is 0 Å². The Morgan fingerprint density at radius 1 is 0.929 bits per heavy atom. The van der Waals surface area contributed by atoms with Crippen LogP contribution in [0.4, 0.5) is 0 Å². The molecule has 0 bridgehead atoms. The molecule has 0 saturated heterocycles. The van der Waals surface area contributed by atoms with E-state index in [-0.39, 0.29) is 0 Å². The van der Waals surface area contributed by atoms with Crippen LogP contribution in [0.2, 0.25) is 38.4 Å². The molecule has 0 aromatic heterocycles. The highest BCUT2D eigenvalue weighted by Gasteiger charge is 2.29.